The third-order valence-corrected chi connectivity index (χ3v) is 4.53. The largest absolute Gasteiger partial charge is 0.445 e. The molecule has 0 saturated carbocycles. The van der Waals surface area contributed by atoms with E-state index in [2.05, 4.69) is 5.32 Å². The van der Waals surface area contributed by atoms with Gasteiger partial charge < -0.3 is 19.5 Å². The van der Waals surface area contributed by atoms with Crippen LogP contribution in [0.4, 0.5) is 9.59 Å². The van der Waals surface area contributed by atoms with Gasteiger partial charge in [-0.1, -0.05) is 60.7 Å². The number of carbonyl (C=O) groups is 2. The zero-order chi connectivity index (χ0) is 19.8. The summed E-state index contributed by atoms with van der Waals surface area (Å²) >= 11 is 0. The Balaban J connectivity index is 1.48. The van der Waals surface area contributed by atoms with E-state index in [0.29, 0.717) is 13.0 Å². The average molecular weight is 384 g/mol. The summed E-state index contributed by atoms with van der Waals surface area (Å²) in [7, 11) is 1.50. The second-order valence-electron chi connectivity index (χ2n) is 6.46. The zero-order valence-corrected chi connectivity index (χ0v) is 15.7. The van der Waals surface area contributed by atoms with E-state index in [1.54, 1.807) is 0 Å². The third-order valence-electron chi connectivity index (χ3n) is 4.53. The molecule has 28 heavy (non-hydrogen) atoms. The highest BCUT2D eigenvalue weighted by atomic mass is 16.6. The van der Waals surface area contributed by atoms with Gasteiger partial charge in [0, 0.05) is 13.7 Å². The number of alkyl carbamates (subject to hydrolysis) is 1. The first-order valence-corrected chi connectivity index (χ1v) is 9.14. The Morgan fingerprint density at radius 1 is 0.964 bits per heavy atom. The van der Waals surface area contributed by atoms with Crippen LogP contribution >= 0.6 is 0 Å². The van der Waals surface area contributed by atoms with Crippen LogP contribution in [0.15, 0.2) is 60.7 Å². The molecule has 0 aromatic heterocycles. The van der Waals surface area contributed by atoms with Crippen LogP contribution in [0.2, 0.25) is 0 Å². The van der Waals surface area contributed by atoms with E-state index >= 15 is 0 Å². The highest BCUT2D eigenvalue weighted by Gasteiger charge is 2.39. The van der Waals surface area contributed by atoms with Crippen molar-refractivity contribution < 1.29 is 23.8 Å². The normalized spacial score (nSPS) is 18.5. The molecule has 0 spiro atoms. The van der Waals surface area contributed by atoms with Gasteiger partial charge in [-0.2, -0.15) is 0 Å². The van der Waals surface area contributed by atoms with Crippen molar-refractivity contribution in [2.24, 2.45) is 0 Å². The molecule has 2 atom stereocenters. The smallest absolute Gasteiger partial charge is 0.412 e. The number of hydrogen-bond donors (Lipinski definition) is 1. The van der Waals surface area contributed by atoms with Crippen LogP contribution in [-0.4, -0.2) is 43.0 Å². The summed E-state index contributed by atoms with van der Waals surface area (Å²) in [6.45, 7) is 0.791. The minimum atomic E-state index is -0.604. The van der Waals surface area contributed by atoms with E-state index in [-0.39, 0.29) is 19.3 Å². The Morgan fingerprint density at radius 2 is 1.54 bits per heavy atom. The molecule has 2 amide bonds. The van der Waals surface area contributed by atoms with Gasteiger partial charge in [0.2, 0.25) is 0 Å². The first-order chi connectivity index (χ1) is 13.7. The Kier molecular flexibility index (Phi) is 6.86. The summed E-state index contributed by atoms with van der Waals surface area (Å²) in [5.41, 5.74) is 1.81. The third kappa shape index (κ3) is 5.23. The van der Waals surface area contributed by atoms with E-state index in [0.717, 1.165) is 11.1 Å². The SMILES string of the molecule is COC1C(NC(=O)OCc2ccccc2)CCN1C(=O)OCc1ccccc1. The lowest BCUT2D eigenvalue weighted by Crippen LogP contribution is -2.48. The number of ether oxygens (including phenoxy) is 3. The quantitative estimate of drug-likeness (QED) is 0.827. The Hall–Kier alpha value is -3.06. The van der Waals surface area contributed by atoms with Crippen LogP contribution in [0.3, 0.4) is 0 Å². The van der Waals surface area contributed by atoms with Crippen molar-refractivity contribution >= 4 is 12.2 Å². The molecule has 0 radical (unpaired) electrons. The molecule has 2 aromatic rings. The van der Waals surface area contributed by atoms with Crippen LogP contribution in [0.5, 0.6) is 0 Å². The second kappa shape index (κ2) is 9.75. The summed E-state index contributed by atoms with van der Waals surface area (Å²) in [6, 6.07) is 18.5. The topological polar surface area (TPSA) is 77.1 Å². The molecule has 7 nitrogen and oxygen atoms in total. The van der Waals surface area contributed by atoms with E-state index in [9.17, 15) is 9.59 Å². The molecule has 1 aliphatic heterocycles. The molecule has 1 heterocycles. The summed E-state index contributed by atoms with van der Waals surface area (Å²) in [5, 5.41) is 2.77. The van der Waals surface area contributed by atoms with Crippen LogP contribution in [-0.2, 0) is 27.4 Å². The molecule has 1 fully saturated rings. The van der Waals surface area contributed by atoms with Crippen LogP contribution in [0.1, 0.15) is 17.5 Å². The lowest BCUT2D eigenvalue weighted by molar-refractivity contribution is -0.0202. The Bertz CT molecular complexity index is 769. The minimum absolute atomic E-state index is 0.180. The van der Waals surface area contributed by atoms with Gasteiger partial charge >= 0.3 is 12.2 Å². The number of nitrogens with zero attached hydrogens (tertiary/aromatic N) is 1. The highest BCUT2D eigenvalue weighted by Crippen LogP contribution is 2.20. The summed E-state index contributed by atoms with van der Waals surface area (Å²) in [5.74, 6) is 0. The minimum Gasteiger partial charge on any atom is -0.445 e. The number of carbonyl (C=O) groups excluding carboxylic acids is 2. The van der Waals surface area contributed by atoms with Gasteiger partial charge in [0.1, 0.15) is 13.2 Å². The standard InChI is InChI=1S/C21H24N2O5/c1-26-19-18(22-20(24)27-14-16-8-4-2-5-9-16)12-13-23(19)21(25)28-15-17-10-6-3-7-11-17/h2-11,18-19H,12-15H2,1H3,(H,22,24). The zero-order valence-electron chi connectivity index (χ0n) is 15.7. The Labute approximate surface area is 164 Å². The first kappa shape index (κ1) is 19.7. The van der Waals surface area contributed by atoms with Crippen LogP contribution < -0.4 is 5.32 Å². The summed E-state index contributed by atoms with van der Waals surface area (Å²) in [6.07, 6.45) is -1.07. The number of likely N-dealkylation sites (tertiary alicyclic amines) is 1. The van der Waals surface area contributed by atoms with Gasteiger partial charge in [0.05, 0.1) is 6.04 Å². The van der Waals surface area contributed by atoms with Crippen LogP contribution in [0, 0.1) is 0 Å². The van der Waals surface area contributed by atoms with E-state index in [1.807, 2.05) is 60.7 Å². The molecular formula is C21H24N2O5. The molecule has 2 unspecified atom stereocenters. The fraction of sp³-hybridized carbons (Fsp3) is 0.333. The highest BCUT2D eigenvalue weighted by molar-refractivity contribution is 5.70. The first-order valence-electron chi connectivity index (χ1n) is 9.14. The fourth-order valence-corrected chi connectivity index (χ4v) is 3.11. The molecule has 0 bridgehead atoms. The van der Waals surface area contributed by atoms with Crippen molar-refractivity contribution in [3.8, 4) is 0 Å². The van der Waals surface area contributed by atoms with Crippen LogP contribution in [0.25, 0.3) is 0 Å². The Morgan fingerprint density at radius 3 is 2.11 bits per heavy atom. The molecule has 1 aliphatic rings. The monoisotopic (exact) mass is 384 g/mol. The lowest BCUT2D eigenvalue weighted by Gasteiger charge is -2.26. The number of rotatable bonds is 6. The number of methoxy groups -OCH3 is 1. The average Bonchev–Trinajstić information content (AvgIpc) is 3.14. The number of hydrogen-bond acceptors (Lipinski definition) is 5. The van der Waals surface area contributed by atoms with Crippen molar-refractivity contribution in [2.45, 2.75) is 31.9 Å². The van der Waals surface area contributed by atoms with Gasteiger partial charge in [-0.25, -0.2) is 9.59 Å². The maximum Gasteiger partial charge on any atom is 0.412 e. The maximum atomic E-state index is 12.4. The molecule has 148 valence electrons. The van der Waals surface area contributed by atoms with Gasteiger partial charge in [-0.05, 0) is 17.5 Å². The van der Waals surface area contributed by atoms with Crippen molar-refractivity contribution in [3.63, 3.8) is 0 Å². The van der Waals surface area contributed by atoms with Crippen molar-refractivity contribution in [1.82, 2.24) is 10.2 Å². The van der Waals surface area contributed by atoms with Crippen molar-refractivity contribution in [3.05, 3.63) is 71.8 Å². The van der Waals surface area contributed by atoms with Crippen molar-refractivity contribution in [1.29, 1.82) is 0 Å². The molecule has 1 N–H and O–H groups in total. The van der Waals surface area contributed by atoms with Crippen molar-refractivity contribution in [2.75, 3.05) is 13.7 Å². The van der Waals surface area contributed by atoms with E-state index in [4.69, 9.17) is 14.2 Å². The predicted octanol–water partition coefficient (Wildman–Crippen LogP) is 3.30. The summed E-state index contributed by atoms with van der Waals surface area (Å²) in [4.78, 5) is 26.0. The van der Waals surface area contributed by atoms with E-state index in [1.165, 1.54) is 12.0 Å². The van der Waals surface area contributed by atoms with Gasteiger partial charge in [0.25, 0.3) is 0 Å². The molecule has 2 aromatic carbocycles. The molecule has 0 aliphatic carbocycles. The number of benzene rings is 2. The number of nitrogens with one attached hydrogen (secondary N) is 1. The molecule has 3 rings (SSSR count). The van der Waals surface area contributed by atoms with E-state index < -0.39 is 18.4 Å². The number of amides is 2. The fourth-order valence-electron chi connectivity index (χ4n) is 3.11. The second-order valence-corrected chi connectivity index (χ2v) is 6.46. The molecule has 1 saturated heterocycles. The predicted molar refractivity (Wildman–Crippen MR) is 102 cm³/mol. The van der Waals surface area contributed by atoms with Gasteiger partial charge in [-0.3, -0.25) is 4.90 Å². The van der Waals surface area contributed by atoms with Gasteiger partial charge in [0.15, 0.2) is 6.23 Å². The molecular weight excluding hydrogens is 360 g/mol. The summed E-state index contributed by atoms with van der Waals surface area (Å²) < 4.78 is 16.0. The lowest BCUT2D eigenvalue weighted by atomic mass is 10.2. The molecule has 7 heteroatoms. The maximum absolute atomic E-state index is 12.4. The van der Waals surface area contributed by atoms with Gasteiger partial charge in [-0.15, -0.1) is 0 Å².